The predicted octanol–water partition coefficient (Wildman–Crippen LogP) is 3.19. The molecule has 114 valence electrons. The Hall–Kier alpha value is 0.850. The number of halogens is 2. The summed E-state index contributed by atoms with van der Waals surface area (Å²) in [5.74, 6) is 2.80. The van der Waals surface area contributed by atoms with E-state index in [2.05, 4.69) is 22.0 Å². The zero-order valence-electron chi connectivity index (χ0n) is 11.7. The summed E-state index contributed by atoms with van der Waals surface area (Å²) in [5.41, 5.74) is 0.686. The van der Waals surface area contributed by atoms with E-state index in [1.807, 2.05) is 0 Å². The largest absolute Gasteiger partial charge is 0.317 e. The van der Waals surface area contributed by atoms with E-state index in [1.54, 1.807) is 0 Å². The highest BCUT2D eigenvalue weighted by Crippen LogP contribution is 2.39. The number of piperidine rings is 2. The van der Waals surface area contributed by atoms with Crippen LogP contribution in [0.4, 0.5) is 0 Å². The lowest BCUT2D eigenvalue weighted by atomic mass is 9.72. The molecule has 2 nitrogen and oxygen atoms in total. The van der Waals surface area contributed by atoms with Crippen molar-refractivity contribution in [2.45, 2.75) is 44.6 Å². The van der Waals surface area contributed by atoms with Gasteiger partial charge in [0.25, 0.3) is 0 Å². The molecule has 1 spiro atoms. The van der Waals surface area contributed by atoms with Gasteiger partial charge in [0, 0.05) is 18.3 Å². The quantitative estimate of drug-likeness (QED) is 0.796. The van der Waals surface area contributed by atoms with Gasteiger partial charge in [-0.1, -0.05) is 0 Å². The van der Waals surface area contributed by atoms with Crippen LogP contribution in [0, 0.1) is 5.41 Å². The number of nitrogens with zero attached hydrogens (tertiary/aromatic N) is 1. The predicted molar refractivity (Wildman–Crippen MR) is 90.2 cm³/mol. The molecule has 0 aromatic heterocycles. The molecule has 5 heteroatoms. The average Bonchev–Trinajstić information content (AvgIpc) is 2.41. The zero-order chi connectivity index (χ0) is 11.6. The van der Waals surface area contributed by atoms with Crippen LogP contribution in [0.2, 0.25) is 0 Å². The number of thioether (sulfide) groups is 1. The fourth-order valence-electron chi connectivity index (χ4n) is 3.93. The van der Waals surface area contributed by atoms with Gasteiger partial charge in [-0.05, 0) is 69.3 Å². The van der Waals surface area contributed by atoms with Gasteiger partial charge in [0.05, 0.1) is 0 Å². The van der Waals surface area contributed by atoms with Gasteiger partial charge in [0.1, 0.15) is 0 Å². The van der Waals surface area contributed by atoms with Gasteiger partial charge >= 0.3 is 0 Å². The Morgan fingerprint density at radius 2 is 1.84 bits per heavy atom. The maximum Gasteiger partial charge on any atom is 0.0186 e. The van der Waals surface area contributed by atoms with Crippen LogP contribution < -0.4 is 5.32 Å². The molecule has 3 saturated heterocycles. The summed E-state index contributed by atoms with van der Waals surface area (Å²) in [5, 5.41) is 3.53. The van der Waals surface area contributed by atoms with Crippen LogP contribution in [0.25, 0.3) is 0 Å². The Balaban J connectivity index is 0.000000902. The maximum atomic E-state index is 3.53. The van der Waals surface area contributed by atoms with Crippen LogP contribution >= 0.6 is 36.6 Å². The van der Waals surface area contributed by atoms with Crippen molar-refractivity contribution in [1.29, 1.82) is 0 Å². The fourth-order valence-corrected chi connectivity index (χ4v) is 5.12. The third kappa shape index (κ3) is 4.41. The van der Waals surface area contributed by atoms with E-state index in [9.17, 15) is 0 Å². The molecular formula is C14H28Cl2N2S. The first-order valence-corrected chi connectivity index (χ1v) is 8.56. The van der Waals surface area contributed by atoms with Crippen LogP contribution in [0.5, 0.6) is 0 Å². The lowest BCUT2D eigenvalue weighted by Gasteiger charge is -2.48. The molecule has 0 saturated carbocycles. The molecule has 0 amide bonds. The molecular weight excluding hydrogens is 299 g/mol. The maximum absolute atomic E-state index is 3.53. The Morgan fingerprint density at radius 3 is 2.53 bits per heavy atom. The SMILES string of the molecule is C1CSCC(N2CCCC3(CCNCC3)C2)C1.Cl.Cl. The summed E-state index contributed by atoms with van der Waals surface area (Å²) in [7, 11) is 0. The van der Waals surface area contributed by atoms with Gasteiger partial charge in [0.2, 0.25) is 0 Å². The molecule has 3 heterocycles. The smallest absolute Gasteiger partial charge is 0.0186 e. The molecule has 0 aromatic carbocycles. The summed E-state index contributed by atoms with van der Waals surface area (Å²) >= 11 is 2.18. The third-order valence-corrected chi connectivity index (χ3v) is 6.21. The van der Waals surface area contributed by atoms with Crippen LogP contribution in [0.1, 0.15) is 38.5 Å². The molecule has 1 unspecified atom stereocenters. The van der Waals surface area contributed by atoms with E-state index in [1.165, 1.54) is 76.2 Å². The van der Waals surface area contributed by atoms with Crippen molar-refractivity contribution in [1.82, 2.24) is 10.2 Å². The summed E-state index contributed by atoms with van der Waals surface area (Å²) in [4.78, 5) is 2.85. The molecule has 0 bridgehead atoms. The molecule has 19 heavy (non-hydrogen) atoms. The Morgan fingerprint density at radius 1 is 1.05 bits per heavy atom. The van der Waals surface area contributed by atoms with E-state index >= 15 is 0 Å². The van der Waals surface area contributed by atoms with Gasteiger partial charge in [-0.25, -0.2) is 0 Å². The number of nitrogens with one attached hydrogen (secondary N) is 1. The minimum Gasteiger partial charge on any atom is -0.317 e. The standard InChI is InChI=1S/C14H26N2S.2ClH/c1-3-13(11-17-10-1)16-9-2-4-14(12-16)5-7-15-8-6-14;;/h13,15H,1-12H2;2*1H. The van der Waals surface area contributed by atoms with Crippen LogP contribution in [-0.2, 0) is 0 Å². The monoisotopic (exact) mass is 326 g/mol. The second kappa shape index (κ2) is 8.33. The summed E-state index contributed by atoms with van der Waals surface area (Å²) < 4.78 is 0. The first-order valence-electron chi connectivity index (χ1n) is 7.41. The highest BCUT2D eigenvalue weighted by molar-refractivity contribution is 7.99. The minimum absolute atomic E-state index is 0. The zero-order valence-corrected chi connectivity index (χ0v) is 14.2. The number of likely N-dealkylation sites (tertiary alicyclic amines) is 1. The second-order valence-corrected chi connectivity index (χ2v) is 7.34. The molecule has 0 aromatic rings. The normalized spacial score (nSPS) is 31.3. The van der Waals surface area contributed by atoms with E-state index in [-0.39, 0.29) is 24.8 Å². The number of hydrogen-bond donors (Lipinski definition) is 1. The van der Waals surface area contributed by atoms with E-state index in [0.717, 1.165) is 6.04 Å². The van der Waals surface area contributed by atoms with Crippen LogP contribution in [0.3, 0.4) is 0 Å². The Bertz CT molecular complexity index is 248. The molecule has 3 aliphatic heterocycles. The first kappa shape index (κ1) is 17.9. The average molecular weight is 327 g/mol. The van der Waals surface area contributed by atoms with E-state index in [0.29, 0.717) is 5.41 Å². The number of hydrogen-bond acceptors (Lipinski definition) is 3. The minimum atomic E-state index is 0. The second-order valence-electron chi connectivity index (χ2n) is 6.19. The summed E-state index contributed by atoms with van der Waals surface area (Å²) in [6.45, 7) is 5.29. The topological polar surface area (TPSA) is 15.3 Å². The molecule has 3 fully saturated rings. The van der Waals surface area contributed by atoms with Gasteiger partial charge < -0.3 is 5.32 Å². The van der Waals surface area contributed by atoms with Crippen molar-refractivity contribution in [3.8, 4) is 0 Å². The lowest BCUT2D eigenvalue weighted by molar-refractivity contribution is 0.0359. The van der Waals surface area contributed by atoms with Gasteiger partial charge in [-0.3, -0.25) is 4.90 Å². The molecule has 0 aliphatic carbocycles. The molecule has 1 N–H and O–H groups in total. The van der Waals surface area contributed by atoms with Crippen molar-refractivity contribution in [2.24, 2.45) is 5.41 Å². The van der Waals surface area contributed by atoms with Crippen molar-refractivity contribution < 1.29 is 0 Å². The fraction of sp³-hybridized carbons (Fsp3) is 1.00. The van der Waals surface area contributed by atoms with Crippen LogP contribution in [0.15, 0.2) is 0 Å². The van der Waals surface area contributed by atoms with E-state index < -0.39 is 0 Å². The summed E-state index contributed by atoms with van der Waals surface area (Å²) in [6, 6.07) is 0.904. The Labute approximate surface area is 134 Å². The number of rotatable bonds is 1. The van der Waals surface area contributed by atoms with Gasteiger partial charge in [0.15, 0.2) is 0 Å². The Kier molecular flexibility index (Phi) is 7.85. The summed E-state index contributed by atoms with van der Waals surface area (Å²) in [6.07, 6.45) is 8.68. The van der Waals surface area contributed by atoms with Crippen molar-refractivity contribution >= 4 is 36.6 Å². The van der Waals surface area contributed by atoms with Gasteiger partial charge in [-0.2, -0.15) is 11.8 Å². The van der Waals surface area contributed by atoms with Crippen molar-refractivity contribution in [3.63, 3.8) is 0 Å². The highest BCUT2D eigenvalue weighted by Gasteiger charge is 2.38. The van der Waals surface area contributed by atoms with Crippen molar-refractivity contribution in [2.75, 3.05) is 37.7 Å². The highest BCUT2D eigenvalue weighted by atomic mass is 35.5. The van der Waals surface area contributed by atoms with E-state index in [4.69, 9.17) is 0 Å². The first-order chi connectivity index (χ1) is 8.38. The molecule has 0 radical (unpaired) electrons. The molecule has 1 atom stereocenters. The van der Waals surface area contributed by atoms with Gasteiger partial charge in [-0.15, -0.1) is 24.8 Å². The molecule has 3 aliphatic rings. The lowest BCUT2D eigenvalue weighted by Crippen LogP contribution is -2.52. The molecule has 3 rings (SSSR count). The third-order valence-electron chi connectivity index (χ3n) is 5.01. The van der Waals surface area contributed by atoms with Crippen molar-refractivity contribution in [3.05, 3.63) is 0 Å². The van der Waals surface area contributed by atoms with Crippen LogP contribution in [-0.4, -0.2) is 48.6 Å².